The molecule has 0 radical (unpaired) electrons. The summed E-state index contributed by atoms with van der Waals surface area (Å²) in [7, 11) is 0. The number of likely N-dealkylation sites (tertiary alicyclic amines) is 1. The van der Waals surface area contributed by atoms with Gasteiger partial charge >= 0.3 is 0 Å². The van der Waals surface area contributed by atoms with Crippen LogP contribution in [0.4, 0.5) is 0 Å². The molecule has 18 heavy (non-hydrogen) atoms. The molecule has 3 heteroatoms. The van der Waals surface area contributed by atoms with E-state index in [1.165, 1.54) is 58.2 Å². The van der Waals surface area contributed by atoms with E-state index in [1.807, 2.05) is 0 Å². The van der Waals surface area contributed by atoms with Gasteiger partial charge in [-0.05, 0) is 39.3 Å². The van der Waals surface area contributed by atoms with Crippen molar-refractivity contribution < 1.29 is 4.74 Å². The van der Waals surface area contributed by atoms with E-state index < -0.39 is 0 Å². The number of unbranched alkanes of at least 4 members (excludes halogenated alkanes) is 1. The van der Waals surface area contributed by atoms with E-state index >= 15 is 0 Å². The Hall–Kier alpha value is 0.270. The van der Waals surface area contributed by atoms with Gasteiger partial charge in [-0.2, -0.15) is 11.8 Å². The Morgan fingerprint density at radius 2 is 1.94 bits per heavy atom. The lowest BCUT2D eigenvalue weighted by Crippen LogP contribution is -2.35. The molecule has 1 atom stereocenters. The molecule has 0 aromatic heterocycles. The van der Waals surface area contributed by atoms with Crippen LogP contribution in [0.3, 0.4) is 0 Å². The molecule has 1 aliphatic heterocycles. The van der Waals surface area contributed by atoms with E-state index in [9.17, 15) is 0 Å². The number of thioether (sulfide) groups is 1. The van der Waals surface area contributed by atoms with E-state index in [4.69, 9.17) is 4.74 Å². The number of piperidine rings is 1. The summed E-state index contributed by atoms with van der Waals surface area (Å²) < 4.78 is 5.44. The van der Waals surface area contributed by atoms with Crippen LogP contribution in [-0.2, 0) is 4.74 Å². The molecule has 1 heterocycles. The lowest BCUT2D eigenvalue weighted by Gasteiger charge is -2.30. The van der Waals surface area contributed by atoms with Gasteiger partial charge in [0, 0.05) is 24.2 Å². The van der Waals surface area contributed by atoms with Crippen LogP contribution in [0.25, 0.3) is 0 Å². The third-order valence-electron chi connectivity index (χ3n) is 3.58. The summed E-state index contributed by atoms with van der Waals surface area (Å²) in [6.07, 6.45) is 8.33. The third kappa shape index (κ3) is 7.65. The second-order valence-corrected chi connectivity index (χ2v) is 6.60. The van der Waals surface area contributed by atoms with Gasteiger partial charge in [-0.25, -0.2) is 0 Å². The lowest BCUT2D eigenvalue weighted by molar-refractivity contribution is 0.164. The van der Waals surface area contributed by atoms with Crippen LogP contribution in [0.1, 0.15) is 52.4 Å². The smallest absolute Gasteiger partial charge is 0.0556 e. The monoisotopic (exact) mass is 273 g/mol. The highest BCUT2D eigenvalue weighted by atomic mass is 32.2. The van der Waals surface area contributed by atoms with Gasteiger partial charge < -0.3 is 9.64 Å². The fourth-order valence-electron chi connectivity index (χ4n) is 2.51. The Morgan fingerprint density at radius 1 is 1.17 bits per heavy atom. The first-order valence-corrected chi connectivity index (χ1v) is 8.83. The Morgan fingerprint density at radius 3 is 2.61 bits per heavy atom. The van der Waals surface area contributed by atoms with Gasteiger partial charge in [-0.15, -0.1) is 0 Å². The van der Waals surface area contributed by atoms with Crippen LogP contribution in [0.2, 0.25) is 0 Å². The number of nitrogens with zero attached hydrogens (tertiary/aromatic N) is 1. The van der Waals surface area contributed by atoms with Crippen LogP contribution in [0.15, 0.2) is 0 Å². The summed E-state index contributed by atoms with van der Waals surface area (Å²) in [4.78, 5) is 2.68. The van der Waals surface area contributed by atoms with Crippen molar-refractivity contribution in [3.8, 4) is 0 Å². The average molecular weight is 273 g/mol. The maximum absolute atomic E-state index is 5.44. The van der Waals surface area contributed by atoms with Crippen LogP contribution in [0.5, 0.6) is 0 Å². The van der Waals surface area contributed by atoms with Crippen molar-refractivity contribution in [2.24, 2.45) is 0 Å². The molecule has 1 rings (SSSR count). The molecule has 1 aliphatic rings. The highest BCUT2D eigenvalue weighted by Gasteiger charge is 2.16. The van der Waals surface area contributed by atoms with Gasteiger partial charge in [0.15, 0.2) is 0 Å². The van der Waals surface area contributed by atoms with Crippen molar-refractivity contribution in [1.82, 2.24) is 4.90 Å². The van der Waals surface area contributed by atoms with Crippen LogP contribution in [-0.4, -0.2) is 48.8 Å². The molecule has 2 nitrogen and oxygen atoms in total. The minimum atomic E-state index is 0.823. The first-order valence-electron chi connectivity index (χ1n) is 7.78. The molecule has 108 valence electrons. The van der Waals surface area contributed by atoms with Crippen molar-refractivity contribution >= 4 is 11.8 Å². The molecule has 1 unspecified atom stereocenters. The van der Waals surface area contributed by atoms with Crippen molar-refractivity contribution in [3.05, 3.63) is 0 Å². The maximum atomic E-state index is 5.44. The fourth-order valence-corrected chi connectivity index (χ4v) is 3.70. The zero-order valence-electron chi connectivity index (χ0n) is 12.3. The quantitative estimate of drug-likeness (QED) is 0.562. The number of hydrogen-bond acceptors (Lipinski definition) is 3. The number of ether oxygens (including phenoxy) is 1. The average Bonchev–Trinajstić information content (AvgIpc) is 2.41. The van der Waals surface area contributed by atoms with Crippen LogP contribution >= 0.6 is 11.8 Å². The molecule has 0 bridgehead atoms. The van der Waals surface area contributed by atoms with E-state index in [-0.39, 0.29) is 0 Å². The summed E-state index contributed by atoms with van der Waals surface area (Å²) in [5.41, 5.74) is 0. The predicted octanol–water partition coefficient (Wildman–Crippen LogP) is 3.80. The molecule has 0 aromatic rings. The third-order valence-corrected chi connectivity index (χ3v) is 4.83. The predicted molar refractivity (Wildman–Crippen MR) is 82.6 cm³/mol. The van der Waals surface area contributed by atoms with E-state index in [2.05, 4.69) is 30.5 Å². The highest BCUT2D eigenvalue weighted by Crippen LogP contribution is 2.20. The van der Waals surface area contributed by atoms with Gasteiger partial charge in [0.1, 0.15) is 0 Å². The Kier molecular flexibility index (Phi) is 10.1. The molecule has 0 spiro atoms. The van der Waals surface area contributed by atoms with Gasteiger partial charge in [-0.1, -0.05) is 26.2 Å². The minimum Gasteiger partial charge on any atom is -0.381 e. The standard InChI is InChI=1S/C15H31NOS/c1-3-5-9-15(18-13-12-17-4-2)14-16-10-7-6-8-11-16/h15H,3-14H2,1-2H3. The van der Waals surface area contributed by atoms with Gasteiger partial charge in [0.2, 0.25) is 0 Å². The Bertz CT molecular complexity index is 183. The molecule has 0 N–H and O–H groups in total. The van der Waals surface area contributed by atoms with Gasteiger partial charge in [-0.3, -0.25) is 0 Å². The summed E-state index contributed by atoms with van der Waals surface area (Å²) >= 11 is 2.13. The topological polar surface area (TPSA) is 12.5 Å². The lowest BCUT2D eigenvalue weighted by atomic mass is 10.1. The van der Waals surface area contributed by atoms with Crippen LogP contribution in [0, 0.1) is 0 Å². The molecule has 0 aromatic carbocycles. The van der Waals surface area contributed by atoms with Crippen molar-refractivity contribution in [2.45, 2.75) is 57.6 Å². The van der Waals surface area contributed by atoms with Crippen molar-refractivity contribution in [1.29, 1.82) is 0 Å². The zero-order valence-corrected chi connectivity index (χ0v) is 13.1. The summed E-state index contributed by atoms with van der Waals surface area (Å²) in [6, 6.07) is 0. The summed E-state index contributed by atoms with van der Waals surface area (Å²) in [5, 5.41) is 0.823. The van der Waals surface area contributed by atoms with E-state index in [0.29, 0.717) is 0 Å². The second kappa shape index (κ2) is 11.1. The molecular formula is C15H31NOS. The summed E-state index contributed by atoms with van der Waals surface area (Å²) in [5.74, 6) is 1.16. The largest absolute Gasteiger partial charge is 0.381 e. The van der Waals surface area contributed by atoms with Crippen LogP contribution < -0.4 is 0 Å². The van der Waals surface area contributed by atoms with E-state index in [0.717, 1.165) is 24.2 Å². The SMILES string of the molecule is CCCCC(CN1CCCCC1)SCCOCC. The zero-order chi connectivity index (χ0) is 13.1. The van der Waals surface area contributed by atoms with Crippen molar-refractivity contribution in [3.63, 3.8) is 0 Å². The molecule has 0 aliphatic carbocycles. The number of rotatable bonds is 10. The molecule has 1 fully saturated rings. The first kappa shape index (κ1) is 16.3. The summed E-state index contributed by atoms with van der Waals surface area (Å²) in [6.45, 7) is 10.1. The van der Waals surface area contributed by atoms with Gasteiger partial charge in [0.25, 0.3) is 0 Å². The molecule has 0 amide bonds. The molecular weight excluding hydrogens is 242 g/mol. The maximum Gasteiger partial charge on any atom is 0.0556 e. The van der Waals surface area contributed by atoms with Gasteiger partial charge in [0.05, 0.1) is 6.61 Å². The van der Waals surface area contributed by atoms with Crippen molar-refractivity contribution in [2.75, 3.05) is 38.6 Å². The Balaban J connectivity index is 2.20. The second-order valence-electron chi connectivity index (χ2n) is 5.19. The Labute approximate surface area is 118 Å². The normalized spacial score (nSPS) is 19.0. The highest BCUT2D eigenvalue weighted by molar-refractivity contribution is 7.99. The first-order chi connectivity index (χ1) is 8.86. The number of hydrogen-bond donors (Lipinski definition) is 0. The fraction of sp³-hybridized carbons (Fsp3) is 1.00. The molecule has 0 saturated carbocycles. The minimum absolute atomic E-state index is 0.823. The van der Waals surface area contributed by atoms with E-state index in [1.54, 1.807) is 0 Å². The molecule has 1 saturated heterocycles.